The van der Waals surface area contributed by atoms with Gasteiger partial charge in [-0.3, -0.25) is 9.79 Å². The molecule has 3 aromatic rings. The van der Waals surface area contributed by atoms with Gasteiger partial charge < -0.3 is 16.0 Å². The molecule has 1 amide bonds. The van der Waals surface area contributed by atoms with Gasteiger partial charge in [0.25, 0.3) is 5.91 Å². The monoisotopic (exact) mass is 447 g/mol. The van der Waals surface area contributed by atoms with Crippen LogP contribution in [0.3, 0.4) is 0 Å². The van der Waals surface area contributed by atoms with E-state index in [1.54, 1.807) is 37.5 Å². The number of nitrogens with one attached hydrogen (secondary N) is 1. The van der Waals surface area contributed by atoms with Crippen LogP contribution >= 0.6 is 0 Å². The normalized spacial score (nSPS) is 17.1. The number of hydrogen-bond acceptors (Lipinski definition) is 7. The fourth-order valence-corrected chi connectivity index (χ4v) is 4.10. The fraction of sp³-hybridized carbons (Fsp3) is 0.292. The van der Waals surface area contributed by atoms with Crippen molar-refractivity contribution in [2.24, 2.45) is 10.7 Å². The largest absolute Gasteiger partial charge is 0.365 e. The first-order valence-electron chi connectivity index (χ1n) is 10.8. The number of nitrogens with two attached hydrogens (primary N) is 1. The van der Waals surface area contributed by atoms with Crippen LogP contribution in [0.2, 0.25) is 0 Å². The van der Waals surface area contributed by atoms with E-state index in [4.69, 9.17) is 5.73 Å². The predicted octanol–water partition coefficient (Wildman–Crippen LogP) is 3.97. The Kier molecular flexibility index (Phi) is 6.58. The zero-order valence-electron chi connectivity index (χ0n) is 18.6. The molecule has 4 rings (SSSR count). The third kappa shape index (κ3) is 4.82. The molecule has 0 aliphatic heterocycles. The molecule has 170 valence electrons. The average Bonchev–Trinajstić information content (AvgIpc) is 2.85. The van der Waals surface area contributed by atoms with Crippen molar-refractivity contribution in [3.05, 3.63) is 60.2 Å². The first-order chi connectivity index (χ1) is 16.0. The van der Waals surface area contributed by atoms with Crippen LogP contribution in [0.4, 0.5) is 21.7 Å². The molecule has 3 N–H and O–H groups in total. The lowest BCUT2D eigenvalue weighted by atomic mass is 9.92. The molecule has 2 aromatic heterocycles. The summed E-state index contributed by atoms with van der Waals surface area (Å²) in [5.74, 6) is -0.424. The maximum absolute atomic E-state index is 15.0. The van der Waals surface area contributed by atoms with Crippen LogP contribution in [-0.4, -0.2) is 46.7 Å². The number of aliphatic imine (C=N–C) groups is 1. The smallest absolute Gasteiger partial charge is 0.252 e. The van der Waals surface area contributed by atoms with Crippen molar-refractivity contribution in [2.75, 3.05) is 24.3 Å². The molecule has 33 heavy (non-hydrogen) atoms. The lowest BCUT2D eigenvalue weighted by molar-refractivity contribution is 0.100. The molecule has 1 unspecified atom stereocenters. The van der Waals surface area contributed by atoms with Gasteiger partial charge in [-0.25, -0.2) is 19.3 Å². The van der Waals surface area contributed by atoms with Crippen LogP contribution in [0.1, 0.15) is 36.0 Å². The molecular weight excluding hydrogens is 421 g/mol. The average molecular weight is 448 g/mol. The number of rotatable bonds is 6. The van der Waals surface area contributed by atoms with Crippen LogP contribution in [-0.2, 0) is 0 Å². The van der Waals surface area contributed by atoms with E-state index < -0.39 is 11.7 Å². The van der Waals surface area contributed by atoms with Crippen LogP contribution < -0.4 is 16.0 Å². The van der Waals surface area contributed by atoms with Gasteiger partial charge in [-0.1, -0.05) is 6.42 Å². The van der Waals surface area contributed by atoms with Gasteiger partial charge in [0, 0.05) is 43.5 Å². The molecule has 2 heterocycles. The van der Waals surface area contributed by atoms with Gasteiger partial charge in [0.2, 0.25) is 0 Å². The minimum atomic E-state index is -0.763. The van der Waals surface area contributed by atoms with Crippen LogP contribution in [0.5, 0.6) is 0 Å². The van der Waals surface area contributed by atoms with Crippen molar-refractivity contribution in [1.29, 1.82) is 0 Å². The fourth-order valence-electron chi connectivity index (χ4n) is 4.10. The molecule has 0 bridgehead atoms. The molecule has 1 aliphatic rings. The van der Waals surface area contributed by atoms with Gasteiger partial charge >= 0.3 is 0 Å². The van der Waals surface area contributed by atoms with E-state index in [1.165, 1.54) is 0 Å². The minimum Gasteiger partial charge on any atom is -0.365 e. The molecule has 1 aliphatic carbocycles. The Morgan fingerprint density at radius 1 is 1.21 bits per heavy atom. The number of nitrogens with zero attached hydrogens (tertiary/aromatic N) is 5. The second-order valence-corrected chi connectivity index (χ2v) is 7.92. The summed E-state index contributed by atoms with van der Waals surface area (Å²) in [6, 6.07) is 10.2. The number of anilines is 3. The number of amides is 1. The van der Waals surface area contributed by atoms with Crippen molar-refractivity contribution in [3.63, 3.8) is 0 Å². The summed E-state index contributed by atoms with van der Waals surface area (Å²) in [6.45, 7) is 0. The Morgan fingerprint density at radius 2 is 1.94 bits per heavy atom. The number of carbonyl (C=O) groups is 1. The van der Waals surface area contributed by atoms with Crippen LogP contribution in [0, 0.1) is 5.82 Å². The zero-order chi connectivity index (χ0) is 23.4. The summed E-state index contributed by atoms with van der Waals surface area (Å²) in [7, 11) is 3.56. The second-order valence-electron chi connectivity index (χ2n) is 7.92. The molecule has 8 nitrogen and oxygen atoms in total. The van der Waals surface area contributed by atoms with Crippen molar-refractivity contribution in [1.82, 2.24) is 15.0 Å². The minimum absolute atomic E-state index is 0.0202. The summed E-state index contributed by atoms with van der Waals surface area (Å²) in [5.41, 5.74) is 8.03. The van der Waals surface area contributed by atoms with E-state index in [0.717, 1.165) is 43.0 Å². The molecule has 9 heteroatoms. The number of primary amides is 1. The van der Waals surface area contributed by atoms with Gasteiger partial charge in [-0.15, -0.1) is 0 Å². The molecule has 1 fully saturated rings. The number of pyridine rings is 1. The van der Waals surface area contributed by atoms with Crippen molar-refractivity contribution >= 4 is 28.9 Å². The summed E-state index contributed by atoms with van der Waals surface area (Å²) >= 11 is 0. The zero-order valence-corrected chi connectivity index (χ0v) is 18.6. The molecular formula is C24H26FN7O. The molecule has 1 aromatic carbocycles. The molecule has 0 spiro atoms. The van der Waals surface area contributed by atoms with E-state index in [-0.39, 0.29) is 23.2 Å². The molecule has 1 atom stereocenters. The highest BCUT2D eigenvalue weighted by Crippen LogP contribution is 2.30. The van der Waals surface area contributed by atoms with Gasteiger partial charge in [0.15, 0.2) is 17.5 Å². The van der Waals surface area contributed by atoms with Crippen molar-refractivity contribution in [3.8, 4) is 11.4 Å². The van der Waals surface area contributed by atoms with E-state index in [1.807, 2.05) is 24.3 Å². The second kappa shape index (κ2) is 9.72. The highest BCUT2D eigenvalue weighted by molar-refractivity contribution is 5.99. The van der Waals surface area contributed by atoms with Gasteiger partial charge in [0.1, 0.15) is 5.82 Å². The highest BCUT2D eigenvalue weighted by atomic mass is 19.1. The lowest BCUT2D eigenvalue weighted by Gasteiger charge is -2.33. The summed E-state index contributed by atoms with van der Waals surface area (Å²) in [5, 5.41) is 3.11. The van der Waals surface area contributed by atoms with E-state index in [9.17, 15) is 4.79 Å². The number of hydrogen-bond donors (Lipinski definition) is 2. The first kappa shape index (κ1) is 22.3. The van der Waals surface area contributed by atoms with Crippen LogP contribution in [0.25, 0.3) is 11.4 Å². The maximum Gasteiger partial charge on any atom is 0.252 e. The SMILES string of the molecule is CN=C1CCCCC1N(C)c1nc(Nc2ccc(-c3ncccn3)cc2)c(C(N)=O)cc1F. The third-order valence-electron chi connectivity index (χ3n) is 5.83. The quantitative estimate of drug-likeness (QED) is 0.592. The first-order valence-corrected chi connectivity index (χ1v) is 10.8. The molecule has 0 radical (unpaired) electrons. The lowest BCUT2D eigenvalue weighted by Crippen LogP contribution is -2.41. The van der Waals surface area contributed by atoms with Gasteiger partial charge in [-0.2, -0.15) is 0 Å². The molecule has 0 saturated heterocycles. The number of carbonyl (C=O) groups excluding carboxylic acids is 1. The third-order valence-corrected chi connectivity index (χ3v) is 5.83. The van der Waals surface area contributed by atoms with Gasteiger partial charge in [0.05, 0.1) is 11.6 Å². The van der Waals surface area contributed by atoms with Crippen molar-refractivity contribution in [2.45, 2.75) is 31.7 Å². The predicted molar refractivity (Wildman–Crippen MR) is 127 cm³/mol. The van der Waals surface area contributed by atoms with E-state index in [0.29, 0.717) is 11.5 Å². The summed E-state index contributed by atoms with van der Waals surface area (Å²) in [6.07, 6.45) is 7.22. The Morgan fingerprint density at radius 3 is 2.61 bits per heavy atom. The van der Waals surface area contributed by atoms with Crippen molar-refractivity contribution < 1.29 is 9.18 Å². The van der Waals surface area contributed by atoms with Gasteiger partial charge in [-0.05, 0) is 55.7 Å². The van der Waals surface area contributed by atoms with E-state index in [2.05, 4.69) is 25.3 Å². The summed E-state index contributed by atoms with van der Waals surface area (Å²) in [4.78, 5) is 31.1. The Labute approximate surface area is 191 Å². The Balaban J connectivity index is 1.65. The topological polar surface area (TPSA) is 109 Å². The Hall–Kier alpha value is -3.88. The summed E-state index contributed by atoms with van der Waals surface area (Å²) < 4.78 is 15.0. The maximum atomic E-state index is 15.0. The number of aromatic nitrogens is 3. The van der Waals surface area contributed by atoms with E-state index >= 15 is 4.39 Å². The molecule has 1 saturated carbocycles. The number of halogens is 1. The number of benzene rings is 1. The standard InChI is InChI=1S/C24H26FN7O/c1-27-19-6-3-4-7-20(19)32(2)24-18(25)14-17(21(26)33)23(31-24)30-16-10-8-15(9-11-16)22-28-12-5-13-29-22/h5,8-14,20H,3-4,6-7H2,1-2H3,(H2,26,33)(H,30,31). The highest BCUT2D eigenvalue weighted by Gasteiger charge is 2.28. The Bertz CT molecular complexity index is 1170. The van der Waals surface area contributed by atoms with Crippen LogP contribution in [0.15, 0.2) is 53.8 Å².